The number of cyclic esters (lactones) is 1. The van der Waals surface area contributed by atoms with Crippen LogP contribution in [0, 0.1) is 11.2 Å². The second-order valence-corrected chi connectivity index (χ2v) is 5.96. The van der Waals surface area contributed by atoms with E-state index in [1.165, 1.54) is 12.1 Å². The minimum atomic E-state index is -0.296. The van der Waals surface area contributed by atoms with Gasteiger partial charge in [0.2, 0.25) is 0 Å². The fraction of sp³-hybridized carbons (Fsp3) is 0.533. The van der Waals surface area contributed by atoms with E-state index >= 15 is 0 Å². The molecule has 3 heteroatoms. The summed E-state index contributed by atoms with van der Waals surface area (Å²) in [6, 6.07) is 4.67. The minimum absolute atomic E-state index is 0.180. The first-order valence-corrected chi connectivity index (χ1v) is 6.29. The largest absolute Gasteiger partial charge is 0.465 e. The highest BCUT2D eigenvalue weighted by Gasteiger charge is 2.45. The Morgan fingerprint density at radius 3 is 2.56 bits per heavy atom. The maximum atomic E-state index is 13.4. The van der Waals surface area contributed by atoms with Crippen LogP contribution in [0.5, 0.6) is 0 Å². The Morgan fingerprint density at radius 2 is 2.06 bits per heavy atom. The Bertz CT molecular complexity index is 477. The molecule has 0 aliphatic carbocycles. The Hall–Kier alpha value is -1.38. The van der Waals surface area contributed by atoms with Crippen LogP contribution in [0.3, 0.4) is 0 Å². The van der Waals surface area contributed by atoms with Gasteiger partial charge in [0, 0.05) is 5.41 Å². The number of hydrogen-bond donors (Lipinski definition) is 0. The number of carbonyl (C=O) groups is 1. The van der Waals surface area contributed by atoms with Crippen LogP contribution in [-0.2, 0) is 9.53 Å². The van der Waals surface area contributed by atoms with Gasteiger partial charge in [-0.1, -0.05) is 33.8 Å². The highest BCUT2D eigenvalue weighted by atomic mass is 19.1. The van der Waals surface area contributed by atoms with Gasteiger partial charge in [-0.25, -0.2) is 4.39 Å². The van der Waals surface area contributed by atoms with Crippen LogP contribution in [0.2, 0.25) is 0 Å². The van der Waals surface area contributed by atoms with E-state index in [4.69, 9.17) is 4.74 Å². The van der Waals surface area contributed by atoms with Gasteiger partial charge in [-0.3, -0.25) is 4.79 Å². The molecule has 18 heavy (non-hydrogen) atoms. The second-order valence-electron chi connectivity index (χ2n) is 5.96. The van der Waals surface area contributed by atoms with Crippen molar-refractivity contribution in [3.05, 3.63) is 35.1 Å². The standard InChI is InChI=1S/C15H19FO2/c1-9(2)12-7-10(16)5-6-11(12)13-14(17)18-8-15(13,3)4/h5-7,9,13H,8H2,1-4H3. The van der Waals surface area contributed by atoms with Gasteiger partial charge in [0.15, 0.2) is 0 Å². The lowest BCUT2D eigenvalue weighted by atomic mass is 9.74. The monoisotopic (exact) mass is 250 g/mol. The first-order valence-electron chi connectivity index (χ1n) is 6.29. The molecule has 98 valence electrons. The molecule has 1 unspecified atom stereocenters. The molecule has 1 atom stereocenters. The van der Waals surface area contributed by atoms with Crippen molar-refractivity contribution >= 4 is 5.97 Å². The van der Waals surface area contributed by atoms with E-state index in [-0.39, 0.29) is 29.0 Å². The Morgan fingerprint density at radius 1 is 1.39 bits per heavy atom. The molecule has 1 saturated heterocycles. The van der Waals surface area contributed by atoms with Crippen molar-refractivity contribution in [3.8, 4) is 0 Å². The molecule has 1 aliphatic rings. The van der Waals surface area contributed by atoms with Gasteiger partial charge < -0.3 is 4.74 Å². The minimum Gasteiger partial charge on any atom is -0.465 e. The van der Waals surface area contributed by atoms with Gasteiger partial charge in [-0.15, -0.1) is 0 Å². The Kier molecular flexibility index (Phi) is 3.18. The Balaban J connectivity index is 2.53. The smallest absolute Gasteiger partial charge is 0.314 e. The van der Waals surface area contributed by atoms with Crippen molar-refractivity contribution in [2.24, 2.45) is 5.41 Å². The Labute approximate surface area is 107 Å². The summed E-state index contributed by atoms with van der Waals surface area (Å²) in [6.45, 7) is 8.45. The molecule has 1 aromatic carbocycles. The second kappa shape index (κ2) is 4.38. The molecule has 0 saturated carbocycles. The summed E-state index contributed by atoms with van der Waals surface area (Å²) in [5.74, 6) is -0.574. The topological polar surface area (TPSA) is 26.3 Å². The quantitative estimate of drug-likeness (QED) is 0.749. The molecular weight excluding hydrogens is 231 g/mol. The van der Waals surface area contributed by atoms with Gasteiger partial charge in [0.05, 0.1) is 12.5 Å². The maximum Gasteiger partial charge on any atom is 0.314 e. The fourth-order valence-electron chi connectivity index (χ4n) is 2.60. The van der Waals surface area contributed by atoms with Crippen LogP contribution in [0.25, 0.3) is 0 Å². The van der Waals surface area contributed by atoms with Gasteiger partial charge in [0.25, 0.3) is 0 Å². The first-order chi connectivity index (χ1) is 8.33. The van der Waals surface area contributed by atoms with E-state index < -0.39 is 0 Å². The van der Waals surface area contributed by atoms with Gasteiger partial charge in [0.1, 0.15) is 5.82 Å². The summed E-state index contributed by atoms with van der Waals surface area (Å²) in [4.78, 5) is 11.9. The molecule has 0 radical (unpaired) electrons. The fourth-order valence-corrected chi connectivity index (χ4v) is 2.60. The molecule has 2 rings (SSSR count). The average Bonchev–Trinajstić information content (AvgIpc) is 2.54. The van der Waals surface area contributed by atoms with E-state index in [0.29, 0.717) is 6.61 Å². The number of halogens is 1. The van der Waals surface area contributed by atoms with Crippen molar-refractivity contribution in [1.82, 2.24) is 0 Å². The van der Waals surface area contributed by atoms with Gasteiger partial charge in [-0.05, 0) is 29.2 Å². The van der Waals surface area contributed by atoms with Crippen molar-refractivity contribution < 1.29 is 13.9 Å². The lowest BCUT2D eigenvalue weighted by Crippen LogP contribution is -2.23. The summed E-state index contributed by atoms with van der Waals surface area (Å²) in [5, 5.41) is 0. The molecule has 0 amide bonds. The average molecular weight is 250 g/mol. The van der Waals surface area contributed by atoms with Crippen LogP contribution in [0.1, 0.15) is 50.7 Å². The predicted molar refractivity (Wildman–Crippen MR) is 68.0 cm³/mol. The van der Waals surface area contributed by atoms with Gasteiger partial charge in [-0.2, -0.15) is 0 Å². The summed E-state index contributed by atoms with van der Waals surface area (Å²) in [5.41, 5.74) is 1.56. The molecule has 1 aromatic rings. The molecule has 1 aliphatic heterocycles. The van der Waals surface area contributed by atoms with E-state index in [1.807, 2.05) is 27.7 Å². The number of benzene rings is 1. The summed E-state index contributed by atoms with van der Waals surface area (Å²) >= 11 is 0. The van der Waals surface area contributed by atoms with Crippen molar-refractivity contribution in [2.45, 2.75) is 39.5 Å². The number of rotatable bonds is 2. The number of carbonyl (C=O) groups excluding carboxylic acids is 1. The van der Waals surface area contributed by atoms with E-state index in [0.717, 1.165) is 11.1 Å². The zero-order valence-electron chi connectivity index (χ0n) is 11.3. The SMILES string of the molecule is CC(C)c1cc(F)ccc1C1C(=O)OCC1(C)C. The van der Waals surface area contributed by atoms with Crippen LogP contribution in [0.15, 0.2) is 18.2 Å². The van der Waals surface area contributed by atoms with E-state index in [2.05, 4.69) is 0 Å². The highest BCUT2D eigenvalue weighted by molar-refractivity contribution is 5.82. The maximum absolute atomic E-state index is 13.4. The zero-order chi connectivity index (χ0) is 13.5. The van der Waals surface area contributed by atoms with Crippen molar-refractivity contribution in [1.29, 1.82) is 0 Å². The molecule has 1 heterocycles. The van der Waals surface area contributed by atoms with Crippen LogP contribution in [-0.4, -0.2) is 12.6 Å². The van der Waals surface area contributed by atoms with Crippen LogP contribution in [0.4, 0.5) is 4.39 Å². The third-order valence-electron chi connectivity index (χ3n) is 3.59. The third-order valence-corrected chi connectivity index (χ3v) is 3.59. The molecule has 2 nitrogen and oxygen atoms in total. The lowest BCUT2D eigenvalue weighted by molar-refractivity contribution is -0.139. The number of esters is 1. The van der Waals surface area contributed by atoms with Crippen molar-refractivity contribution in [3.63, 3.8) is 0 Å². The van der Waals surface area contributed by atoms with Crippen molar-refractivity contribution in [2.75, 3.05) is 6.61 Å². The van der Waals surface area contributed by atoms with E-state index in [9.17, 15) is 9.18 Å². The highest BCUT2D eigenvalue weighted by Crippen LogP contribution is 2.44. The van der Waals surface area contributed by atoms with Crippen LogP contribution < -0.4 is 0 Å². The molecule has 0 bridgehead atoms. The summed E-state index contributed by atoms with van der Waals surface area (Å²) in [6.07, 6.45) is 0. The third kappa shape index (κ3) is 2.14. The number of hydrogen-bond acceptors (Lipinski definition) is 2. The summed E-state index contributed by atoms with van der Waals surface area (Å²) < 4.78 is 18.5. The van der Waals surface area contributed by atoms with E-state index in [1.54, 1.807) is 6.07 Å². The molecule has 0 aromatic heterocycles. The summed E-state index contributed by atoms with van der Waals surface area (Å²) in [7, 11) is 0. The zero-order valence-corrected chi connectivity index (χ0v) is 11.3. The lowest BCUT2D eigenvalue weighted by Gasteiger charge is -2.25. The number of ether oxygens (including phenoxy) is 1. The van der Waals surface area contributed by atoms with Crippen LogP contribution >= 0.6 is 0 Å². The van der Waals surface area contributed by atoms with Gasteiger partial charge >= 0.3 is 5.97 Å². The molecular formula is C15H19FO2. The normalized spacial score (nSPS) is 22.3. The molecule has 0 spiro atoms. The first kappa shape index (κ1) is 13.1. The molecule has 1 fully saturated rings. The molecule has 0 N–H and O–H groups in total. The predicted octanol–water partition coefficient (Wildman–Crippen LogP) is 3.62.